The second kappa shape index (κ2) is 6.01. The maximum absolute atomic E-state index is 5.95. The lowest BCUT2D eigenvalue weighted by Crippen LogP contribution is -2.42. The van der Waals surface area contributed by atoms with E-state index in [1.165, 1.54) is 0 Å². The first kappa shape index (κ1) is 14.0. The Balaban J connectivity index is 2.63. The van der Waals surface area contributed by atoms with Gasteiger partial charge in [0.15, 0.2) is 0 Å². The normalized spacial score (nSPS) is 11.8. The molecule has 0 heterocycles. The van der Waals surface area contributed by atoms with Gasteiger partial charge in [-0.3, -0.25) is 0 Å². The molecule has 1 aromatic carbocycles. The van der Waals surface area contributed by atoms with E-state index in [0.717, 1.165) is 21.6 Å². The summed E-state index contributed by atoms with van der Waals surface area (Å²) in [5, 5.41) is 4.18. The highest BCUT2D eigenvalue weighted by Crippen LogP contribution is 2.21. The van der Waals surface area contributed by atoms with E-state index >= 15 is 0 Å². The van der Waals surface area contributed by atoms with Crippen molar-refractivity contribution in [2.45, 2.75) is 25.9 Å². The van der Waals surface area contributed by atoms with Crippen molar-refractivity contribution in [2.24, 2.45) is 0 Å². The molecule has 16 heavy (non-hydrogen) atoms. The van der Waals surface area contributed by atoms with E-state index < -0.39 is 0 Å². The second-order valence-electron chi connectivity index (χ2n) is 4.41. The van der Waals surface area contributed by atoms with Gasteiger partial charge in [0.2, 0.25) is 0 Å². The molecule has 1 aromatic rings. The van der Waals surface area contributed by atoms with Gasteiger partial charge in [0, 0.05) is 28.7 Å². The van der Waals surface area contributed by atoms with Gasteiger partial charge in [-0.1, -0.05) is 27.5 Å². The van der Waals surface area contributed by atoms with Gasteiger partial charge in [-0.15, -0.1) is 0 Å². The van der Waals surface area contributed by atoms with Gasteiger partial charge in [-0.2, -0.15) is 0 Å². The van der Waals surface area contributed by atoms with Crippen LogP contribution >= 0.6 is 27.5 Å². The van der Waals surface area contributed by atoms with Crippen molar-refractivity contribution in [3.63, 3.8) is 0 Å². The van der Waals surface area contributed by atoms with E-state index in [4.69, 9.17) is 16.3 Å². The molecule has 0 aliphatic heterocycles. The number of benzene rings is 1. The van der Waals surface area contributed by atoms with Crippen LogP contribution in [0.5, 0.6) is 0 Å². The topological polar surface area (TPSA) is 21.3 Å². The third-order valence-corrected chi connectivity index (χ3v) is 3.28. The molecular weight excluding hydrogens is 289 g/mol. The minimum atomic E-state index is -0.0451. The smallest absolute Gasteiger partial charge is 0.0639 e. The van der Waals surface area contributed by atoms with Crippen LogP contribution in [0.3, 0.4) is 0 Å². The average Bonchev–Trinajstić information content (AvgIpc) is 2.19. The Morgan fingerprint density at radius 2 is 2.12 bits per heavy atom. The van der Waals surface area contributed by atoms with Crippen molar-refractivity contribution in [3.05, 3.63) is 33.3 Å². The number of hydrogen-bond donors (Lipinski definition) is 1. The van der Waals surface area contributed by atoms with Crippen LogP contribution in [-0.2, 0) is 11.3 Å². The van der Waals surface area contributed by atoms with E-state index in [1.807, 2.05) is 18.2 Å². The minimum absolute atomic E-state index is 0.0451. The van der Waals surface area contributed by atoms with E-state index in [-0.39, 0.29) is 5.54 Å². The SMILES string of the molecule is COCC(C)(C)NCc1cc(Cl)ccc1Br. The molecule has 2 nitrogen and oxygen atoms in total. The van der Waals surface area contributed by atoms with E-state index in [9.17, 15) is 0 Å². The first-order valence-electron chi connectivity index (χ1n) is 5.12. The van der Waals surface area contributed by atoms with Crippen LogP contribution in [0.2, 0.25) is 5.02 Å². The van der Waals surface area contributed by atoms with Crippen molar-refractivity contribution in [1.82, 2.24) is 5.32 Å². The molecule has 0 bridgehead atoms. The fraction of sp³-hybridized carbons (Fsp3) is 0.500. The summed E-state index contributed by atoms with van der Waals surface area (Å²) in [7, 11) is 1.71. The molecule has 0 unspecified atom stereocenters. The minimum Gasteiger partial charge on any atom is -0.383 e. The zero-order valence-corrected chi connectivity index (χ0v) is 12.2. The molecule has 0 spiro atoms. The van der Waals surface area contributed by atoms with Gasteiger partial charge in [0.05, 0.1) is 6.61 Å². The van der Waals surface area contributed by atoms with Gasteiger partial charge in [-0.25, -0.2) is 0 Å². The summed E-state index contributed by atoms with van der Waals surface area (Å²) in [5.74, 6) is 0. The molecule has 0 radical (unpaired) electrons. The van der Waals surface area contributed by atoms with E-state index in [2.05, 4.69) is 35.1 Å². The Bertz CT molecular complexity index is 355. The zero-order valence-electron chi connectivity index (χ0n) is 9.81. The predicted molar refractivity (Wildman–Crippen MR) is 71.9 cm³/mol. The molecule has 0 fully saturated rings. The lowest BCUT2D eigenvalue weighted by atomic mass is 10.1. The van der Waals surface area contributed by atoms with Crippen LogP contribution in [0.4, 0.5) is 0 Å². The van der Waals surface area contributed by atoms with Gasteiger partial charge < -0.3 is 10.1 Å². The molecular formula is C12H17BrClNO. The maximum atomic E-state index is 5.95. The van der Waals surface area contributed by atoms with Crippen LogP contribution < -0.4 is 5.32 Å². The maximum Gasteiger partial charge on any atom is 0.0639 e. The van der Waals surface area contributed by atoms with Crippen molar-refractivity contribution < 1.29 is 4.74 Å². The molecule has 0 saturated heterocycles. The summed E-state index contributed by atoms with van der Waals surface area (Å²) >= 11 is 9.46. The standard InChI is InChI=1S/C12H17BrClNO/c1-12(2,8-16-3)15-7-9-6-10(14)4-5-11(9)13/h4-6,15H,7-8H2,1-3H3. The summed E-state index contributed by atoms with van der Waals surface area (Å²) in [6.45, 7) is 5.65. The summed E-state index contributed by atoms with van der Waals surface area (Å²) in [6.07, 6.45) is 0. The molecule has 0 amide bonds. The third-order valence-electron chi connectivity index (χ3n) is 2.27. The molecule has 4 heteroatoms. The van der Waals surface area contributed by atoms with Gasteiger partial charge in [0.1, 0.15) is 0 Å². The Kier molecular flexibility index (Phi) is 5.25. The number of halogens is 2. The van der Waals surface area contributed by atoms with Crippen LogP contribution in [0.15, 0.2) is 22.7 Å². The summed E-state index contributed by atoms with van der Waals surface area (Å²) in [6, 6.07) is 5.79. The first-order chi connectivity index (χ1) is 7.44. The van der Waals surface area contributed by atoms with E-state index in [1.54, 1.807) is 7.11 Å². The Labute approximate surface area is 110 Å². The molecule has 1 N–H and O–H groups in total. The predicted octanol–water partition coefficient (Wildman–Crippen LogP) is 3.62. The second-order valence-corrected chi connectivity index (χ2v) is 5.70. The highest BCUT2D eigenvalue weighted by atomic mass is 79.9. The van der Waals surface area contributed by atoms with Gasteiger partial charge >= 0.3 is 0 Å². The third kappa shape index (κ3) is 4.42. The molecule has 0 saturated carbocycles. The Morgan fingerprint density at radius 1 is 1.44 bits per heavy atom. The molecule has 90 valence electrons. The van der Waals surface area contributed by atoms with Gasteiger partial charge in [0.25, 0.3) is 0 Å². The molecule has 1 rings (SSSR count). The number of ether oxygens (including phenoxy) is 1. The molecule has 0 aliphatic carbocycles. The lowest BCUT2D eigenvalue weighted by molar-refractivity contribution is 0.127. The fourth-order valence-corrected chi connectivity index (χ4v) is 2.01. The number of methoxy groups -OCH3 is 1. The average molecular weight is 307 g/mol. The van der Waals surface area contributed by atoms with Crippen molar-refractivity contribution >= 4 is 27.5 Å². The number of rotatable bonds is 5. The summed E-state index contributed by atoms with van der Waals surface area (Å²) in [5.41, 5.74) is 1.10. The first-order valence-corrected chi connectivity index (χ1v) is 6.29. The zero-order chi connectivity index (χ0) is 12.2. The van der Waals surface area contributed by atoms with E-state index in [0.29, 0.717) is 6.61 Å². The Hall–Kier alpha value is -0.0900. The van der Waals surface area contributed by atoms with Crippen LogP contribution in [0, 0.1) is 0 Å². The fourth-order valence-electron chi connectivity index (χ4n) is 1.43. The summed E-state index contributed by atoms with van der Waals surface area (Å²) in [4.78, 5) is 0. The highest BCUT2D eigenvalue weighted by molar-refractivity contribution is 9.10. The molecule has 0 aliphatic rings. The monoisotopic (exact) mass is 305 g/mol. The van der Waals surface area contributed by atoms with Crippen LogP contribution in [-0.4, -0.2) is 19.3 Å². The van der Waals surface area contributed by atoms with Crippen molar-refractivity contribution in [3.8, 4) is 0 Å². The summed E-state index contributed by atoms with van der Waals surface area (Å²) < 4.78 is 6.22. The number of nitrogens with one attached hydrogen (secondary N) is 1. The molecule has 0 atom stereocenters. The van der Waals surface area contributed by atoms with Crippen molar-refractivity contribution in [1.29, 1.82) is 0 Å². The van der Waals surface area contributed by atoms with Crippen LogP contribution in [0.1, 0.15) is 19.4 Å². The van der Waals surface area contributed by atoms with Crippen LogP contribution in [0.25, 0.3) is 0 Å². The number of hydrogen-bond acceptors (Lipinski definition) is 2. The highest BCUT2D eigenvalue weighted by Gasteiger charge is 2.16. The Morgan fingerprint density at radius 3 is 2.75 bits per heavy atom. The van der Waals surface area contributed by atoms with Gasteiger partial charge in [-0.05, 0) is 37.6 Å². The largest absolute Gasteiger partial charge is 0.383 e. The van der Waals surface area contributed by atoms with Crippen molar-refractivity contribution in [2.75, 3.05) is 13.7 Å². The lowest BCUT2D eigenvalue weighted by Gasteiger charge is -2.25. The quantitative estimate of drug-likeness (QED) is 0.897. The molecule has 0 aromatic heterocycles.